The average Bonchev–Trinajstić information content (AvgIpc) is 2.58. The van der Waals surface area contributed by atoms with Gasteiger partial charge in [-0.3, -0.25) is 20.2 Å². The summed E-state index contributed by atoms with van der Waals surface area (Å²) in [4.78, 5) is 33.1. The van der Waals surface area contributed by atoms with Crippen molar-refractivity contribution in [1.29, 1.82) is 0 Å². The molecule has 0 aliphatic heterocycles. The topological polar surface area (TPSA) is 113 Å². The highest BCUT2D eigenvalue weighted by molar-refractivity contribution is 5.90. The lowest BCUT2D eigenvalue weighted by molar-refractivity contribution is -0.395. The summed E-state index contributed by atoms with van der Waals surface area (Å²) >= 11 is 0. The van der Waals surface area contributed by atoms with E-state index in [1.807, 2.05) is 6.92 Å². The normalized spacial score (nSPS) is 11.7. The van der Waals surface area contributed by atoms with Crippen LogP contribution in [0.5, 0.6) is 5.75 Å². The molecule has 0 radical (unpaired) electrons. The van der Waals surface area contributed by atoms with Gasteiger partial charge in [-0.1, -0.05) is 39.7 Å². The summed E-state index contributed by atoms with van der Waals surface area (Å²) in [7, 11) is 0. The van der Waals surface area contributed by atoms with E-state index in [0.717, 1.165) is 25.7 Å². The lowest BCUT2D eigenvalue weighted by atomic mass is 9.90. The van der Waals surface area contributed by atoms with E-state index >= 15 is 0 Å². The van der Waals surface area contributed by atoms with Crippen molar-refractivity contribution in [3.05, 3.63) is 50.1 Å². The third kappa shape index (κ3) is 5.37. The van der Waals surface area contributed by atoms with E-state index in [0.29, 0.717) is 12.0 Å². The molecule has 0 amide bonds. The minimum absolute atomic E-state index is 0.0105. The third-order valence-electron chi connectivity index (χ3n) is 4.13. The zero-order valence-corrected chi connectivity index (χ0v) is 15.3. The molecule has 1 aromatic rings. The number of hydrogen-bond acceptors (Lipinski definition) is 6. The number of rotatable bonds is 10. The van der Waals surface area contributed by atoms with Gasteiger partial charge in [-0.15, -0.1) is 0 Å². The van der Waals surface area contributed by atoms with Gasteiger partial charge in [-0.2, -0.15) is 0 Å². The van der Waals surface area contributed by atoms with Crippen molar-refractivity contribution in [2.75, 3.05) is 0 Å². The number of esters is 1. The largest absolute Gasteiger partial charge is 0.408 e. The van der Waals surface area contributed by atoms with E-state index in [2.05, 4.69) is 13.5 Å². The predicted molar refractivity (Wildman–Crippen MR) is 97.4 cm³/mol. The molecule has 0 N–H and O–H groups in total. The number of unbranched alkanes of at least 4 members (excludes halogenated alkanes) is 2. The number of nitro groups is 2. The maximum atomic E-state index is 11.7. The summed E-state index contributed by atoms with van der Waals surface area (Å²) in [6.45, 7) is 8.75. The van der Waals surface area contributed by atoms with Gasteiger partial charge in [0, 0.05) is 17.7 Å². The Balaban J connectivity index is 3.44. The first-order valence-corrected chi connectivity index (χ1v) is 8.57. The quantitative estimate of drug-likeness (QED) is 0.143. The average molecular weight is 364 g/mol. The molecule has 0 aliphatic rings. The molecule has 8 heteroatoms. The fraction of sp³-hybridized carbons (Fsp3) is 0.500. The first-order valence-electron chi connectivity index (χ1n) is 8.57. The SMILES string of the molecule is C=C(C)C(=O)Oc1c([N+](=O)[O-])cc(C(CC)CCCCC)cc1[N+](=O)[O-]. The van der Waals surface area contributed by atoms with Gasteiger partial charge in [-0.25, -0.2) is 4.79 Å². The first kappa shape index (κ1) is 21.3. The molecular weight excluding hydrogens is 340 g/mol. The van der Waals surface area contributed by atoms with Crippen LogP contribution in [0.2, 0.25) is 0 Å². The Bertz CT molecular complexity index is 679. The Hall–Kier alpha value is -2.77. The van der Waals surface area contributed by atoms with E-state index in [1.54, 1.807) is 0 Å². The van der Waals surface area contributed by atoms with Crippen LogP contribution >= 0.6 is 0 Å². The molecule has 0 aliphatic carbocycles. The van der Waals surface area contributed by atoms with E-state index in [-0.39, 0.29) is 11.5 Å². The lowest BCUT2D eigenvalue weighted by Crippen LogP contribution is -2.12. The number of carbonyl (C=O) groups excluding carboxylic acids is 1. The number of benzene rings is 1. The second-order valence-electron chi connectivity index (χ2n) is 6.17. The molecule has 1 unspecified atom stereocenters. The minimum Gasteiger partial charge on any atom is -0.408 e. The predicted octanol–water partition coefficient (Wildman–Crippen LogP) is 5.06. The summed E-state index contributed by atoms with van der Waals surface area (Å²) in [5.74, 6) is -1.64. The summed E-state index contributed by atoms with van der Waals surface area (Å²) in [5.41, 5.74) is -0.670. The van der Waals surface area contributed by atoms with Gasteiger partial charge in [0.1, 0.15) is 0 Å². The van der Waals surface area contributed by atoms with Crippen LogP contribution in [0, 0.1) is 20.2 Å². The van der Waals surface area contributed by atoms with Crippen LogP contribution in [-0.4, -0.2) is 15.8 Å². The molecule has 142 valence electrons. The number of nitro benzene ring substituents is 2. The zero-order chi connectivity index (χ0) is 19.9. The lowest BCUT2D eigenvalue weighted by Gasteiger charge is -2.16. The van der Waals surface area contributed by atoms with Crippen molar-refractivity contribution in [1.82, 2.24) is 0 Å². The maximum Gasteiger partial charge on any atom is 0.339 e. The van der Waals surface area contributed by atoms with Gasteiger partial charge >= 0.3 is 17.3 Å². The highest BCUT2D eigenvalue weighted by Crippen LogP contribution is 2.41. The highest BCUT2D eigenvalue weighted by Gasteiger charge is 2.32. The Labute approximate surface area is 152 Å². The second kappa shape index (κ2) is 9.65. The van der Waals surface area contributed by atoms with Crippen LogP contribution in [0.3, 0.4) is 0 Å². The smallest absolute Gasteiger partial charge is 0.339 e. The minimum atomic E-state index is -0.945. The van der Waals surface area contributed by atoms with Gasteiger partial charge < -0.3 is 4.74 Å². The van der Waals surface area contributed by atoms with Gasteiger partial charge in [0.2, 0.25) is 0 Å². The van der Waals surface area contributed by atoms with Crippen LogP contribution in [0.15, 0.2) is 24.3 Å². The van der Waals surface area contributed by atoms with Crippen molar-refractivity contribution in [2.24, 2.45) is 0 Å². The number of hydrogen-bond donors (Lipinski definition) is 0. The van der Waals surface area contributed by atoms with Gasteiger partial charge in [-0.05, 0) is 31.2 Å². The third-order valence-corrected chi connectivity index (χ3v) is 4.13. The van der Waals surface area contributed by atoms with Gasteiger partial charge in [0.05, 0.1) is 9.85 Å². The Morgan fingerprint density at radius 3 is 2.08 bits per heavy atom. The molecule has 26 heavy (non-hydrogen) atoms. The number of carbonyl (C=O) groups is 1. The zero-order valence-electron chi connectivity index (χ0n) is 15.3. The Morgan fingerprint density at radius 1 is 1.15 bits per heavy atom. The summed E-state index contributed by atoms with van der Waals surface area (Å²) in [6, 6.07) is 2.54. The van der Waals surface area contributed by atoms with Crippen molar-refractivity contribution in [3.63, 3.8) is 0 Å². The standard InChI is InChI=1S/C18H24N2O6/c1-5-7-8-9-13(6-2)14-10-15(19(22)23)17(16(11-14)20(24)25)26-18(21)12(3)4/h10-11,13H,3,5-9H2,1-2,4H3. The van der Waals surface area contributed by atoms with Crippen molar-refractivity contribution < 1.29 is 19.4 Å². The molecule has 0 spiro atoms. The fourth-order valence-corrected chi connectivity index (χ4v) is 2.66. The molecule has 0 saturated carbocycles. The summed E-state index contributed by atoms with van der Waals surface area (Å²) in [6.07, 6.45) is 4.47. The summed E-state index contributed by atoms with van der Waals surface area (Å²) < 4.78 is 4.91. The number of nitrogens with zero attached hydrogens (tertiary/aromatic N) is 2. The van der Waals surface area contributed by atoms with Crippen LogP contribution in [-0.2, 0) is 4.79 Å². The highest BCUT2D eigenvalue weighted by atomic mass is 16.6. The van der Waals surface area contributed by atoms with E-state index in [4.69, 9.17) is 4.74 Å². The van der Waals surface area contributed by atoms with Crippen molar-refractivity contribution in [3.8, 4) is 5.75 Å². The molecule has 0 saturated heterocycles. The van der Waals surface area contributed by atoms with Crippen LogP contribution in [0.4, 0.5) is 11.4 Å². The van der Waals surface area contributed by atoms with Crippen LogP contribution in [0.1, 0.15) is 64.4 Å². The fourth-order valence-electron chi connectivity index (χ4n) is 2.66. The Morgan fingerprint density at radius 2 is 1.69 bits per heavy atom. The molecule has 1 rings (SSSR count). The molecule has 0 aromatic heterocycles. The monoisotopic (exact) mass is 364 g/mol. The molecule has 8 nitrogen and oxygen atoms in total. The van der Waals surface area contributed by atoms with Crippen molar-refractivity contribution >= 4 is 17.3 Å². The second-order valence-corrected chi connectivity index (χ2v) is 6.17. The Kier molecular flexibility index (Phi) is 7.89. The van der Waals surface area contributed by atoms with E-state index in [1.165, 1.54) is 19.1 Å². The van der Waals surface area contributed by atoms with Crippen LogP contribution < -0.4 is 4.74 Å². The molecular formula is C18H24N2O6. The van der Waals surface area contributed by atoms with Gasteiger partial charge in [0.15, 0.2) is 0 Å². The van der Waals surface area contributed by atoms with Crippen molar-refractivity contribution in [2.45, 2.75) is 58.8 Å². The molecule has 1 atom stereocenters. The molecule has 1 aromatic carbocycles. The van der Waals surface area contributed by atoms with E-state index < -0.39 is 32.9 Å². The number of ether oxygens (including phenoxy) is 1. The maximum absolute atomic E-state index is 11.7. The molecule has 0 heterocycles. The molecule has 0 bridgehead atoms. The first-order chi connectivity index (χ1) is 12.2. The molecule has 0 fully saturated rings. The van der Waals surface area contributed by atoms with E-state index in [9.17, 15) is 25.0 Å². The van der Waals surface area contributed by atoms with Crippen LogP contribution in [0.25, 0.3) is 0 Å². The summed E-state index contributed by atoms with van der Waals surface area (Å²) in [5, 5.41) is 22.9. The van der Waals surface area contributed by atoms with Gasteiger partial charge in [0.25, 0.3) is 5.75 Å².